The number of benzene rings is 1. The highest BCUT2D eigenvalue weighted by atomic mass is 16.1. The van der Waals surface area contributed by atoms with Crippen molar-refractivity contribution in [2.75, 3.05) is 5.73 Å². The number of amides is 1. The van der Waals surface area contributed by atoms with Crippen LogP contribution in [0, 0.1) is 0 Å². The summed E-state index contributed by atoms with van der Waals surface area (Å²) in [6.07, 6.45) is 3.22. The predicted octanol–water partition coefficient (Wildman–Crippen LogP) is 0.932. The number of rotatable bonds is 3. The van der Waals surface area contributed by atoms with Gasteiger partial charge in [-0.3, -0.25) is 9.48 Å². The van der Waals surface area contributed by atoms with Crippen LogP contribution in [0.2, 0.25) is 0 Å². The van der Waals surface area contributed by atoms with Crippen molar-refractivity contribution >= 4 is 11.6 Å². The molecule has 1 aromatic heterocycles. The summed E-state index contributed by atoms with van der Waals surface area (Å²) in [5.74, 6) is -0.130. The first-order valence-electron chi connectivity index (χ1n) is 5.26. The second kappa shape index (κ2) is 4.69. The maximum atomic E-state index is 11.7. The van der Waals surface area contributed by atoms with Crippen molar-refractivity contribution < 1.29 is 4.79 Å². The second-order valence-corrected chi connectivity index (χ2v) is 3.83. The van der Waals surface area contributed by atoms with Gasteiger partial charge >= 0.3 is 0 Å². The Kier molecular flexibility index (Phi) is 3.09. The molecule has 0 atom stereocenters. The Balaban J connectivity index is 1.94. The maximum absolute atomic E-state index is 11.7. The first-order chi connectivity index (χ1) is 8.15. The molecular formula is C12H14N4O. The quantitative estimate of drug-likeness (QED) is 0.770. The third-order valence-electron chi connectivity index (χ3n) is 2.40. The smallest absolute Gasteiger partial charge is 0.254 e. The van der Waals surface area contributed by atoms with E-state index in [1.807, 2.05) is 24.3 Å². The van der Waals surface area contributed by atoms with Crippen LogP contribution < -0.4 is 11.1 Å². The number of nitrogen functional groups attached to an aromatic ring is 1. The molecule has 0 aliphatic heterocycles. The van der Waals surface area contributed by atoms with E-state index in [1.54, 1.807) is 17.9 Å². The van der Waals surface area contributed by atoms with Gasteiger partial charge in [-0.25, -0.2) is 0 Å². The third kappa shape index (κ3) is 2.84. The highest BCUT2D eigenvalue weighted by Crippen LogP contribution is 2.05. The van der Waals surface area contributed by atoms with Crippen molar-refractivity contribution in [3.05, 3.63) is 47.8 Å². The van der Waals surface area contributed by atoms with Crippen molar-refractivity contribution in [3.8, 4) is 0 Å². The summed E-state index contributed by atoms with van der Waals surface area (Å²) >= 11 is 0. The van der Waals surface area contributed by atoms with Crippen molar-refractivity contribution in [1.29, 1.82) is 0 Å². The first kappa shape index (κ1) is 11.2. The Labute approximate surface area is 99.2 Å². The number of hydrogen-bond donors (Lipinski definition) is 2. The molecule has 88 valence electrons. The summed E-state index contributed by atoms with van der Waals surface area (Å²) in [4.78, 5) is 11.7. The number of carbonyl (C=O) groups is 1. The molecule has 0 bridgehead atoms. The Bertz CT molecular complexity index is 516. The van der Waals surface area contributed by atoms with Gasteiger partial charge in [-0.15, -0.1) is 0 Å². The Morgan fingerprint density at radius 3 is 2.71 bits per heavy atom. The summed E-state index contributed by atoms with van der Waals surface area (Å²) in [5.41, 5.74) is 7.86. The number of nitrogens with one attached hydrogen (secondary N) is 1. The summed E-state index contributed by atoms with van der Waals surface area (Å²) < 4.78 is 1.60. The van der Waals surface area contributed by atoms with Gasteiger partial charge in [0.2, 0.25) is 0 Å². The number of anilines is 1. The third-order valence-corrected chi connectivity index (χ3v) is 2.40. The monoisotopic (exact) mass is 230 g/mol. The molecule has 0 saturated heterocycles. The lowest BCUT2D eigenvalue weighted by atomic mass is 10.2. The van der Waals surface area contributed by atoms with Crippen molar-refractivity contribution in [2.45, 2.75) is 6.54 Å². The number of carbonyl (C=O) groups excluding carboxylic acids is 1. The molecule has 1 amide bonds. The number of nitrogens with zero attached hydrogens (tertiary/aromatic N) is 2. The van der Waals surface area contributed by atoms with Crippen molar-refractivity contribution in [2.24, 2.45) is 7.05 Å². The molecule has 0 saturated carbocycles. The fourth-order valence-corrected chi connectivity index (χ4v) is 1.46. The average Bonchev–Trinajstić information content (AvgIpc) is 2.75. The SMILES string of the molecule is Cn1cc(C(=O)NCc2ccc(N)cc2)cn1. The first-order valence-corrected chi connectivity index (χ1v) is 5.26. The molecule has 0 aliphatic carbocycles. The molecule has 2 rings (SSSR count). The number of aryl methyl sites for hydroxylation is 1. The Morgan fingerprint density at radius 2 is 2.12 bits per heavy atom. The fourth-order valence-electron chi connectivity index (χ4n) is 1.46. The lowest BCUT2D eigenvalue weighted by Gasteiger charge is -2.03. The molecule has 0 unspecified atom stereocenters. The lowest BCUT2D eigenvalue weighted by molar-refractivity contribution is 0.0951. The minimum Gasteiger partial charge on any atom is -0.399 e. The normalized spacial score (nSPS) is 10.2. The zero-order valence-corrected chi connectivity index (χ0v) is 9.55. The van der Waals surface area contributed by atoms with E-state index < -0.39 is 0 Å². The van der Waals surface area contributed by atoms with E-state index in [9.17, 15) is 4.79 Å². The molecule has 1 heterocycles. The van der Waals surface area contributed by atoms with Crippen LogP contribution in [-0.4, -0.2) is 15.7 Å². The molecule has 0 aliphatic rings. The fraction of sp³-hybridized carbons (Fsp3) is 0.167. The van der Waals surface area contributed by atoms with Crippen LogP contribution in [0.15, 0.2) is 36.7 Å². The number of nitrogens with two attached hydrogens (primary N) is 1. The lowest BCUT2D eigenvalue weighted by Crippen LogP contribution is -2.22. The molecule has 0 spiro atoms. The van der Waals surface area contributed by atoms with Crippen LogP contribution >= 0.6 is 0 Å². The van der Waals surface area contributed by atoms with E-state index >= 15 is 0 Å². The zero-order chi connectivity index (χ0) is 12.3. The predicted molar refractivity (Wildman–Crippen MR) is 65.2 cm³/mol. The highest BCUT2D eigenvalue weighted by molar-refractivity contribution is 5.93. The van der Waals surface area contributed by atoms with E-state index in [-0.39, 0.29) is 5.91 Å². The van der Waals surface area contributed by atoms with Crippen LogP contribution in [0.5, 0.6) is 0 Å². The van der Waals surface area contributed by atoms with E-state index in [0.717, 1.165) is 5.56 Å². The van der Waals surface area contributed by atoms with Crippen LogP contribution in [0.1, 0.15) is 15.9 Å². The molecule has 1 aromatic carbocycles. The van der Waals surface area contributed by atoms with Gasteiger partial charge in [-0.05, 0) is 17.7 Å². The van der Waals surface area contributed by atoms with Gasteiger partial charge in [0, 0.05) is 25.5 Å². The average molecular weight is 230 g/mol. The van der Waals surface area contributed by atoms with Gasteiger partial charge in [0.1, 0.15) is 0 Å². The van der Waals surface area contributed by atoms with Crippen LogP contribution in [0.25, 0.3) is 0 Å². The van der Waals surface area contributed by atoms with Gasteiger partial charge in [0.25, 0.3) is 5.91 Å². The van der Waals surface area contributed by atoms with Gasteiger partial charge in [0.05, 0.1) is 11.8 Å². The molecule has 5 nitrogen and oxygen atoms in total. The molecule has 5 heteroatoms. The van der Waals surface area contributed by atoms with Crippen LogP contribution in [0.4, 0.5) is 5.69 Å². The second-order valence-electron chi connectivity index (χ2n) is 3.83. The Hall–Kier alpha value is -2.30. The topological polar surface area (TPSA) is 72.9 Å². The minimum absolute atomic E-state index is 0.130. The summed E-state index contributed by atoms with van der Waals surface area (Å²) in [6.45, 7) is 0.480. The molecule has 0 fully saturated rings. The van der Waals surface area contributed by atoms with Gasteiger partial charge < -0.3 is 11.1 Å². The Morgan fingerprint density at radius 1 is 1.41 bits per heavy atom. The molecule has 3 N–H and O–H groups in total. The van der Waals surface area contributed by atoms with E-state index in [1.165, 1.54) is 6.20 Å². The molecule has 17 heavy (non-hydrogen) atoms. The van der Waals surface area contributed by atoms with Crippen LogP contribution in [-0.2, 0) is 13.6 Å². The van der Waals surface area contributed by atoms with Gasteiger partial charge in [-0.1, -0.05) is 12.1 Å². The molecule has 0 radical (unpaired) electrons. The largest absolute Gasteiger partial charge is 0.399 e. The van der Waals surface area contributed by atoms with Crippen LogP contribution in [0.3, 0.4) is 0 Å². The summed E-state index contributed by atoms with van der Waals surface area (Å²) in [5, 5.41) is 6.76. The van der Waals surface area contributed by atoms with Crippen molar-refractivity contribution in [3.63, 3.8) is 0 Å². The summed E-state index contributed by atoms with van der Waals surface area (Å²) in [7, 11) is 1.77. The molecule has 2 aromatic rings. The number of aromatic nitrogens is 2. The molecular weight excluding hydrogens is 216 g/mol. The van der Waals surface area contributed by atoms with E-state index in [0.29, 0.717) is 17.8 Å². The van der Waals surface area contributed by atoms with E-state index in [4.69, 9.17) is 5.73 Å². The summed E-state index contributed by atoms with van der Waals surface area (Å²) in [6, 6.07) is 7.40. The zero-order valence-electron chi connectivity index (χ0n) is 9.55. The minimum atomic E-state index is -0.130. The standard InChI is InChI=1S/C12H14N4O/c1-16-8-10(7-15-16)12(17)14-6-9-2-4-11(13)5-3-9/h2-5,7-8H,6,13H2,1H3,(H,14,17). The van der Waals surface area contributed by atoms with Gasteiger partial charge in [0.15, 0.2) is 0 Å². The maximum Gasteiger partial charge on any atom is 0.254 e. The number of hydrogen-bond acceptors (Lipinski definition) is 3. The van der Waals surface area contributed by atoms with Crippen molar-refractivity contribution in [1.82, 2.24) is 15.1 Å². The van der Waals surface area contributed by atoms with Gasteiger partial charge in [-0.2, -0.15) is 5.10 Å². The van der Waals surface area contributed by atoms with E-state index in [2.05, 4.69) is 10.4 Å². The highest BCUT2D eigenvalue weighted by Gasteiger charge is 2.06.